The summed E-state index contributed by atoms with van der Waals surface area (Å²) in [7, 11) is 0. The third-order valence-electron chi connectivity index (χ3n) is 1.79. The SMILES string of the molecule is CCOC(=O)C(C)CNCC(C)(C)C. The number of carbonyl (C=O) groups excluding carboxylic acids is 1. The van der Waals surface area contributed by atoms with E-state index in [2.05, 4.69) is 26.1 Å². The number of hydrogen-bond donors (Lipinski definition) is 1. The molecule has 0 heterocycles. The first-order chi connectivity index (χ1) is 6.37. The second kappa shape index (κ2) is 6.02. The van der Waals surface area contributed by atoms with Crippen LogP contribution in [0.5, 0.6) is 0 Å². The first kappa shape index (κ1) is 13.4. The molecule has 0 rings (SSSR count). The molecule has 0 saturated heterocycles. The first-order valence-electron chi connectivity index (χ1n) is 5.24. The third kappa shape index (κ3) is 6.89. The van der Waals surface area contributed by atoms with Crippen molar-refractivity contribution in [3.05, 3.63) is 0 Å². The fourth-order valence-corrected chi connectivity index (χ4v) is 1.03. The summed E-state index contributed by atoms with van der Waals surface area (Å²) in [5.74, 6) is -0.175. The number of nitrogens with one attached hydrogen (secondary N) is 1. The molecule has 0 aromatic rings. The summed E-state index contributed by atoms with van der Waals surface area (Å²) in [5, 5.41) is 3.26. The minimum atomic E-state index is -0.117. The minimum absolute atomic E-state index is 0.0581. The molecule has 1 N–H and O–H groups in total. The van der Waals surface area contributed by atoms with Gasteiger partial charge in [-0.25, -0.2) is 0 Å². The maximum atomic E-state index is 11.2. The molecule has 84 valence electrons. The van der Waals surface area contributed by atoms with Gasteiger partial charge in [0.15, 0.2) is 0 Å². The third-order valence-corrected chi connectivity index (χ3v) is 1.79. The number of esters is 1. The van der Waals surface area contributed by atoms with Crippen LogP contribution >= 0.6 is 0 Å². The van der Waals surface area contributed by atoms with Gasteiger partial charge in [0.25, 0.3) is 0 Å². The Balaban J connectivity index is 3.63. The van der Waals surface area contributed by atoms with E-state index in [-0.39, 0.29) is 17.3 Å². The van der Waals surface area contributed by atoms with Gasteiger partial charge in [-0.05, 0) is 12.3 Å². The second-order valence-corrected chi connectivity index (χ2v) is 4.84. The lowest BCUT2D eigenvalue weighted by molar-refractivity contribution is -0.147. The average Bonchev–Trinajstić information content (AvgIpc) is 2.02. The van der Waals surface area contributed by atoms with Gasteiger partial charge in [-0.3, -0.25) is 4.79 Å². The molecular formula is C11H23NO2. The van der Waals surface area contributed by atoms with E-state index in [0.717, 1.165) is 6.54 Å². The van der Waals surface area contributed by atoms with Crippen molar-refractivity contribution in [2.24, 2.45) is 11.3 Å². The van der Waals surface area contributed by atoms with Crippen LogP contribution in [0, 0.1) is 11.3 Å². The molecule has 14 heavy (non-hydrogen) atoms. The Morgan fingerprint density at radius 2 is 2.00 bits per heavy atom. The van der Waals surface area contributed by atoms with Gasteiger partial charge in [0.05, 0.1) is 12.5 Å². The van der Waals surface area contributed by atoms with Gasteiger partial charge in [-0.15, -0.1) is 0 Å². The Bertz CT molecular complexity index is 173. The topological polar surface area (TPSA) is 38.3 Å². The van der Waals surface area contributed by atoms with Crippen molar-refractivity contribution < 1.29 is 9.53 Å². The minimum Gasteiger partial charge on any atom is -0.466 e. The predicted octanol–water partition coefficient (Wildman–Crippen LogP) is 1.82. The fourth-order valence-electron chi connectivity index (χ4n) is 1.03. The van der Waals surface area contributed by atoms with Crippen molar-refractivity contribution in [1.29, 1.82) is 0 Å². The Morgan fingerprint density at radius 1 is 1.43 bits per heavy atom. The molecular weight excluding hydrogens is 178 g/mol. The zero-order valence-corrected chi connectivity index (χ0v) is 10.0. The van der Waals surface area contributed by atoms with Crippen LogP contribution in [0.1, 0.15) is 34.6 Å². The van der Waals surface area contributed by atoms with Crippen LogP contribution in [0.4, 0.5) is 0 Å². The number of rotatable bonds is 5. The molecule has 0 amide bonds. The molecule has 0 aliphatic rings. The van der Waals surface area contributed by atoms with Crippen molar-refractivity contribution in [2.45, 2.75) is 34.6 Å². The highest BCUT2D eigenvalue weighted by atomic mass is 16.5. The van der Waals surface area contributed by atoms with Crippen LogP contribution in [0.15, 0.2) is 0 Å². The van der Waals surface area contributed by atoms with E-state index in [0.29, 0.717) is 13.2 Å². The average molecular weight is 201 g/mol. The fraction of sp³-hybridized carbons (Fsp3) is 0.909. The number of ether oxygens (including phenoxy) is 1. The zero-order valence-electron chi connectivity index (χ0n) is 10.0. The van der Waals surface area contributed by atoms with Gasteiger partial charge in [-0.1, -0.05) is 27.7 Å². The van der Waals surface area contributed by atoms with Gasteiger partial charge in [0.2, 0.25) is 0 Å². The van der Waals surface area contributed by atoms with Crippen molar-refractivity contribution in [1.82, 2.24) is 5.32 Å². The molecule has 0 aromatic carbocycles. The summed E-state index contributed by atoms with van der Waals surface area (Å²) in [6.07, 6.45) is 0. The highest BCUT2D eigenvalue weighted by Crippen LogP contribution is 2.10. The normalized spacial score (nSPS) is 13.8. The van der Waals surface area contributed by atoms with Crippen molar-refractivity contribution >= 4 is 5.97 Å². The van der Waals surface area contributed by atoms with Gasteiger partial charge >= 0.3 is 5.97 Å². The van der Waals surface area contributed by atoms with E-state index in [4.69, 9.17) is 4.74 Å². The summed E-state index contributed by atoms with van der Waals surface area (Å²) in [4.78, 5) is 11.2. The monoisotopic (exact) mass is 201 g/mol. The van der Waals surface area contributed by atoms with Gasteiger partial charge in [-0.2, -0.15) is 0 Å². The molecule has 0 fully saturated rings. The summed E-state index contributed by atoms with van der Waals surface area (Å²) in [6, 6.07) is 0. The Kier molecular flexibility index (Phi) is 5.77. The van der Waals surface area contributed by atoms with Crippen LogP contribution in [-0.2, 0) is 9.53 Å². The van der Waals surface area contributed by atoms with E-state index in [9.17, 15) is 4.79 Å². The standard InChI is InChI=1S/C11H23NO2/c1-6-14-10(13)9(2)7-12-8-11(3,4)5/h9,12H,6-8H2,1-5H3. The van der Waals surface area contributed by atoms with Gasteiger partial charge < -0.3 is 10.1 Å². The van der Waals surface area contributed by atoms with Crippen molar-refractivity contribution in [2.75, 3.05) is 19.7 Å². The smallest absolute Gasteiger partial charge is 0.309 e. The molecule has 3 heteroatoms. The van der Waals surface area contributed by atoms with Crippen molar-refractivity contribution in [3.8, 4) is 0 Å². The maximum absolute atomic E-state index is 11.2. The molecule has 0 saturated carbocycles. The molecule has 0 spiro atoms. The highest BCUT2D eigenvalue weighted by Gasteiger charge is 2.15. The lowest BCUT2D eigenvalue weighted by atomic mass is 9.97. The van der Waals surface area contributed by atoms with Crippen LogP contribution < -0.4 is 5.32 Å². The highest BCUT2D eigenvalue weighted by molar-refractivity contribution is 5.72. The molecule has 3 nitrogen and oxygen atoms in total. The number of carbonyl (C=O) groups is 1. The lowest BCUT2D eigenvalue weighted by Gasteiger charge is -2.20. The predicted molar refractivity (Wildman–Crippen MR) is 58.1 cm³/mol. The summed E-state index contributed by atoms with van der Waals surface area (Å²) in [5.41, 5.74) is 0.258. The van der Waals surface area contributed by atoms with Gasteiger partial charge in [0.1, 0.15) is 0 Å². The van der Waals surface area contributed by atoms with Gasteiger partial charge in [0, 0.05) is 13.1 Å². The molecule has 1 atom stereocenters. The van der Waals surface area contributed by atoms with Crippen LogP contribution in [0.25, 0.3) is 0 Å². The number of hydrogen-bond acceptors (Lipinski definition) is 3. The Labute approximate surface area is 87.2 Å². The Hall–Kier alpha value is -0.570. The summed E-state index contributed by atoms with van der Waals surface area (Å²) < 4.78 is 4.91. The van der Waals surface area contributed by atoms with Crippen LogP contribution in [0.3, 0.4) is 0 Å². The zero-order chi connectivity index (χ0) is 11.2. The van der Waals surface area contributed by atoms with E-state index in [1.165, 1.54) is 0 Å². The molecule has 0 aliphatic carbocycles. The molecule has 0 aliphatic heterocycles. The first-order valence-corrected chi connectivity index (χ1v) is 5.24. The Morgan fingerprint density at radius 3 is 2.43 bits per heavy atom. The molecule has 0 bridgehead atoms. The van der Waals surface area contributed by atoms with E-state index < -0.39 is 0 Å². The molecule has 1 unspecified atom stereocenters. The molecule has 0 aromatic heterocycles. The van der Waals surface area contributed by atoms with Crippen LogP contribution in [-0.4, -0.2) is 25.7 Å². The largest absolute Gasteiger partial charge is 0.466 e. The van der Waals surface area contributed by atoms with E-state index in [1.54, 1.807) is 0 Å². The summed E-state index contributed by atoms with van der Waals surface area (Å²) in [6.45, 7) is 12.3. The molecule has 0 radical (unpaired) electrons. The van der Waals surface area contributed by atoms with Crippen LogP contribution in [0.2, 0.25) is 0 Å². The van der Waals surface area contributed by atoms with E-state index >= 15 is 0 Å². The maximum Gasteiger partial charge on any atom is 0.309 e. The summed E-state index contributed by atoms with van der Waals surface area (Å²) >= 11 is 0. The lowest BCUT2D eigenvalue weighted by Crippen LogP contribution is -2.33. The van der Waals surface area contributed by atoms with Crippen molar-refractivity contribution in [3.63, 3.8) is 0 Å². The quantitative estimate of drug-likeness (QED) is 0.690. The second-order valence-electron chi connectivity index (χ2n) is 4.84. The van der Waals surface area contributed by atoms with E-state index in [1.807, 2.05) is 13.8 Å².